The predicted octanol–water partition coefficient (Wildman–Crippen LogP) is 1.86. The van der Waals surface area contributed by atoms with Gasteiger partial charge in [0, 0.05) is 0 Å². The number of hydrogen-bond donors (Lipinski definition) is 1. The van der Waals surface area contributed by atoms with Gasteiger partial charge in [-0.2, -0.15) is 0 Å². The largest absolute Gasteiger partial charge is 0.465 e. The molecular formula is C11H21NO2. The van der Waals surface area contributed by atoms with Gasteiger partial charge >= 0.3 is 5.97 Å². The van der Waals surface area contributed by atoms with Crippen molar-refractivity contribution in [2.45, 2.75) is 51.5 Å². The fourth-order valence-electron chi connectivity index (χ4n) is 2.07. The summed E-state index contributed by atoms with van der Waals surface area (Å²) in [6, 6.07) is 0. The average molecular weight is 199 g/mol. The van der Waals surface area contributed by atoms with E-state index in [1.54, 1.807) is 0 Å². The summed E-state index contributed by atoms with van der Waals surface area (Å²) in [6.45, 7) is 5.36. The Balaban J connectivity index is 2.56. The summed E-state index contributed by atoms with van der Waals surface area (Å²) in [5, 5.41) is 3.35. The van der Waals surface area contributed by atoms with Gasteiger partial charge < -0.3 is 10.1 Å². The minimum atomic E-state index is -0.355. The third-order valence-corrected chi connectivity index (χ3v) is 2.84. The summed E-state index contributed by atoms with van der Waals surface area (Å²) < 4.78 is 5.12. The van der Waals surface area contributed by atoms with Crippen LogP contribution in [0.15, 0.2) is 0 Å². The zero-order valence-electron chi connectivity index (χ0n) is 9.27. The smallest absolute Gasteiger partial charge is 0.326 e. The van der Waals surface area contributed by atoms with Gasteiger partial charge in [-0.05, 0) is 32.7 Å². The molecular weight excluding hydrogens is 178 g/mol. The average Bonchev–Trinajstić information content (AvgIpc) is 2.65. The SMILES string of the molecule is CCCNC1(C(=O)OCC)CCCC1. The van der Waals surface area contributed by atoms with Crippen LogP contribution in [0.5, 0.6) is 0 Å². The zero-order valence-corrected chi connectivity index (χ0v) is 9.27. The molecule has 0 heterocycles. The molecule has 1 aliphatic rings. The Labute approximate surface area is 86.2 Å². The van der Waals surface area contributed by atoms with Gasteiger partial charge in [0.1, 0.15) is 5.54 Å². The Morgan fingerprint density at radius 2 is 2.00 bits per heavy atom. The summed E-state index contributed by atoms with van der Waals surface area (Å²) >= 11 is 0. The Bertz CT molecular complexity index is 186. The van der Waals surface area contributed by atoms with Gasteiger partial charge in [-0.15, -0.1) is 0 Å². The topological polar surface area (TPSA) is 38.3 Å². The van der Waals surface area contributed by atoms with Gasteiger partial charge in [-0.1, -0.05) is 19.8 Å². The molecule has 1 N–H and O–H groups in total. The molecule has 0 saturated heterocycles. The molecule has 14 heavy (non-hydrogen) atoms. The lowest BCUT2D eigenvalue weighted by atomic mass is 9.97. The van der Waals surface area contributed by atoms with Crippen LogP contribution in [0.1, 0.15) is 46.0 Å². The van der Waals surface area contributed by atoms with Crippen molar-refractivity contribution in [1.29, 1.82) is 0 Å². The molecule has 0 unspecified atom stereocenters. The summed E-state index contributed by atoms with van der Waals surface area (Å²) in [4.78, 5) is 11.8. The number of ether oxygens (including phenoxy) is 1. The number of hydrogen-bond acceptors (Lipinski definition) is 3. The van der Waals surface area contributed by atoms with Crippen molar-refractivity contribution in [3.05, 3.63) is 0 Å². The maximum atomic E-state index is 11.8. The highest BCUT2D eigenvalue weighted by molar-refractivity contribution is 5.81. The van der Waals surface area contributed by atoms with Crippen molar-refractivity contribution < 1.29 is 9.53 Å². The molecule has 82 valence electrons. The quantitative estimate of drug-likeness (QED) is 0.687. The standard InChI is InChI=1S/C11H21NO2/c1-3-9-12-11(7-5-6-8-11)10(13)14-4-2/h12H,3-9H2,1-2H3. The normalized spacial score (nSPS) is 19.6. The lowest BCUT2D eigenvalue weighted by Gasteiger charge is -2.27. The lowest BCUT2D eigenvalue weighted by Crippen LogP contribution is -2.51. The highest BCUT2D eigenvalue weighted by Crippen LogP contribution is 2.30. The van der Waals surface area contributed by atoms with Crippen LogP contribution in [0.4, 0.5) is 0 Å². The van der Waals surface area contributed by atoms with Gasteiger partial charge in [0.15, 0.2) is 0 Å². The molecule has 0 atom stereocenters. The fraction of sp³-hybridized carbons (Fsp3) is 0.909. The number of esters is 1. The third kappa shape index (κ3) is 2.47. The predicted molar refractivity (Wildman–Crippen MR) is 56.1 cm³/mol. The minimum Gasteiger partial charge on any atom is -0.465 e. The first-order chi connectivity index (χ1) is 6.75. The summed E-state index contributed by atoms with van der Waals surface area (Å²) in [5.41, 5.74) is -0.355. The minimum absolute atomic E-state index is 0.0500. The highest BCUT2D eigenvalue weighted by atomic mass is 16.5. The second-order valence-electron chi connectivity index (χ2n) is 3.94. The van der Waals surface area contributed by atoms with E-state index < -0.39 is 0 Å². The van der Waals surface area contributed by atoms with Gasteiger partial charge in [0.2, 0.25) is 0 Å². The number of nitrogens with one attached hydrogen (secondary N) is 1. The maximum Gasteiger partial charge on any atom is 0.326 e. The van der Waals surface area contributed by atoms with Crippen molar-refractivity contribution in [3.63, 3.8) is 0 Å². The first kappa shape index (κ1) is 11.5. The van der Waals surface area contributed by atoms with E-state index in [-0.39, 0.29) is 11.5 Å². The summed E-state index contributed by atoms with van der Waals surface area (Å²) in [7, 11) is 0. The molecule has 0 radical (unpaired) electrons. The van der Waals surface area contributed by atoms with Gasteiger partial charge in [-0.25, -0.2) is 0 Å². The molecule has 3 nitrogen and oxygen atoms in total. The van der Waals surface area contributed by atoms with Crippen LogP contribution in [0.25, 0.3) is 0 Å². The molecule has 1 aliphatic carbocycles. The van der Waals surface area contributed by atoms with Crippen LogP contribution in [-0.4, -0.2) is 24.7 Å². The van der Waals surface area contributed by atoms with Crippen LogP contribution in [0, 0.1) is 0 Å². The second kappa shape index (κ2) is 5.35. The molecule has 3 heteroatoms. The van der Waals surface area contributed by atoms with Crippen LogP contribution in [0.2, 0.25) is 0 Å². The monoisotopic (exact) mass is 199 g/mol. The van der Waals surface area contributed by atoms with Crippen molar-refractivity contribution in [3.8, 4) is 0 Å². The molecule has 0 aromatic rings. The van der Waals surface area contributed by atoms with E-state index in [1.165, 1.54) is 0 Å². The number of carbonyl (C=O) groups is 1. The molecule has 0 bridgehead atoms. The Kier molecular flexibility index (Phi) is 4.39. The van der Waals surface area contributed by atoms with Crippen molar-refractivity contribution in [1.82, 2.24) is 5.32 Å². The van der Waals surface area contributed by atoms with Crippen molar-refractivity contribution in [2.75, 3.05) is 13.2 Å². The Morgan fingerprint density at radius 3 is 2.50 bits per heavy atom. The second-order valence-corrected chi connectivity index (χ2v) is 3.94. The molecule has 0 spiro atoms. The van der Waals surface area contributed by atoms with Gasteiger partial charge in [0.05, 0.1) is 6.61 Å². The summed E-state index contributed by atoms with van der Waals surface area (Å²) in [5.74, 6) is -0.0500. The Morgan fingerprint density at radius 1 is 1.36 bits per heavy atom. The molecule has 0 amide bonds. The van der Waals surface area contributed by atoms with Gasteiger partial charge in [-0.3, -0.25) is 4.79 Å². The van der Waals surface area contributed by atoms with E-state index in [0.29, 0.717) is 6.61 Å². The van der Waals surface area contributed by atoms with E-state index >= 15 is 0 Å². The number of carbonyl (C=O) groups excluding carboxylic acids is 1. The van der Waals surface area contributed by atoms with Gasteiger partial charge in [0.25, 0.3) is 0 Å². The maximum absolute atomic E-state index is 11.8. The van der Waals surface area contributed by atoms with E-state index in [0.717, 1.165) is 38.6 Å². The van der Waals surface area contributed by atoms with Crippen molar-refractivity contribution in [2.24, 2.45) is 0 Å². The zero-order chi connectivity index (χ0) is 10.4. The number of rotatable bonds is 5. The van der Waals surface area contributed by atoms with Crippen LogP contribution >= 0.6 is 0 Å². The molecule has 1 rings (SSSR count). The van der Waals surface area contributed by atoms with E-state index in [4.69, 9.17) is 4.74 Å². The van der Waals surface area contributed by atoms with E-state index in [9.17, 15) is 4.79 Å². The molecule has 0 aromatic heterocycles. The highest BCUT2D eigenvalue weighted by Gasteiger charge is 2.41. The Hall–Kier alpha value is -0.570. The van der Waals surface area contributed by atoms with Crippen LogP contribution < -0.4 is 5.32 Å². The molecule has 1 saturated carbocycles. The fourth-order valence-corrected chi connectivity index (χ4v) is 2.07. The molecule has 1 fully saturated rings. The molecule has 0 aromatic carbocycles. The van der Waals surface area contributed by atoms with E-state index in [1.807, 2.05) is 6.92 Å². The van der Waals surface area contributed by atoms with Crippen LogP contribution in [-0.2, 0) is 9.53 Å². The first-order valence-electron chi connectivity index (χ1n) is 5.67. The molecule has 0 aliphatic heterocycles. The van der Waals surface area contributed by atoms with Crippen LogP contribution in [0.3, 0.4) is 0 Å². The third-order valence-electron chi connectivity index (χ3n) is 2.84. The lowest BCUT2D eigenvalue weighted by molar-refractivity contribution is -0.151. The van der Waals surface area contributed by atoms with Crippen molar-refractivity contribution >= 4 is 5.97 Å². The summed E-state index contributed by atoms with van der Waals surface area (Å²) in [6.07, 6.45) is 5.20. The first-order valence-corrected chi connectivity index (χ1v) is 5.67. The van der Waals surface area contributed by atoms with E-state index in [2.05, 4.69) is 12.2 Å².